The zero-order valence-electron chi connectivity index (χ0n) is 12.9. The summed E-state index contributed by atoms with van der Waals surface area (Å²) in [5, 5.41) is 0. The van der Waals surface area contributed by atoms with Crippen LogP contribution in [-0.4, -0.2) is 12.6 Å². The smallest absolute Gasteiger partial charge is 0.122 e. The van der Waals surface area contributed by atoms with Crippen LogP contribution in [0.1, 0.15) is 57.1 Å². The molecule has 0 bridgehead atoms. The van der Waals surface area contributed by atoms with Crippen LogP contribution in [0.5, 0.6) is 5.75 Å². The van der Waals surface area contributed by atoms with Crippen molar-refractivity contribution >= 4 is 12.4 Å². The van der Waals surface area contributed by atoms with Crippen LogP contribution in [0.25, 0.3) is 0 Å². The zero-order chi connectivity index (χ0) is 13.8. The molecule has 114 valence electrons. The molecule has 1 aromatic rings. The molecule has 2 atom stereocenters. The van der Waals surface area contributed by atoms with Crippen LogP contribution in [0, 0.1) is 5.92 Å². The molecule has 0 radical (unpaired) electrons. The van der Waals surface area contributed by atoms with Crippen LogP contribution in [0.2, 0.25) is 0 Å². The molecule has 1 fully saturated rings. The predicted molar refractivity (Wildman–Crippen MR) is 88.0 cm³/mol. The Bertz CT molecular complexity index is 415. The van der Waals surface area contributed by atoms with E-state index in [1.165, 1.54) is 24.0 Å². The van der Waals surface area contributed by atoms with Crippen molar-refractivity contribution in [3.63, 3.8) is 0 Å². The fourth-order valence-corrected chi connectivity index (χ4v) is 2.33. The van der Waals surface area contributed by atoms with Gasteiger partial charge in [-0.1, -0.05) is 26.0 Å². The van der Waals surface area contributed by atoms with E-state index < -0.39 is 0 Å². The van der Waals surface area contributed by atoms with Crippen molar-refractivity contribution in [1.82, 2.24) is 0 Å². The number of benzene rings is 1. The third kappa shape index (κ3) is 4.99. The Labute approximate surface area is 129 Å². The lowest BCUT2D eigenvalue weighted by Gasteiger charge is -2.18. The highest BCUT2D eigenvalue weighted by molar-refractivity contribution is 5.85. The predicted octanol–water partition coefficient (Wildman–Crippen LogP) is 4.30. The van der Waals surface area contributed by atoms with Crippen molar-refractivity contribution in [3.05, 3.63) is 29.3 Å². The molecule has 2 unspecified atom stereocenters. The lowest BCUT2D eigenvalue weighted by molar-refractivity contribution is 0.295. The summed E-state index contributed by atoms with van der Waals surface area (Å²) in [7, 11) is 0. The molecular formula is C17H28ClNO. The number of hydrogen-bond donors (Lipinski definition) is 1. The van der Waals surface area contributed by atoms with E-state index in [9.17, 15) is 0 Å². The van der Waals surface area contributed by atoms with Gasteiger partial charge in [0, 0.05) is 6.04 Å². The Morgan fingerprint density at radius 2 is 2.00 bits per heavy atom. The van der Waals surface area contributed by atoms with E-state index >= 15 is 0 Å². The van der Waals surface area contributed by atoms with Crippen molar-refractivity contribution in [2.24, 2.45) is 11.7 Å². The highest BCUT2D eigenvalue weighted by Crippen LogP contribution is 2.33. The monoisotopic (exact) mass is 297 g/mol. The fourth-order valence-electron chi connectivity index (χ4n) is 2.33. The lowest BCUT2D eigenvalue weighted by Crippen LogP contribution is -2.18. The quantitative estimate of drug-likeness (QED) is 0.814. The van der Waals surface area contributed by atoms with E-state index in [0.717, 1.165) is 31.1 Å². The van der Waals surface area contributed by atoms with Crippen molar-refractivity contribution < 1.29 is 4.74 Å². The van der Waals surface area contributed by atoms with E-state index in [2.05, 4.69) is 39.0 Å². The maximum atomic E-state index is 6.01. The lowest BCUT2D eigenvalue weighted by atomic mass is 9.94. The van der Waals surface area contributed by atoms with Crippen LogP contribution < -0.4 is 10.5 Å². The second-order valence-electron chi connectivity index (χ2n) is 6.12. The van der Waals surface area contributed by atoms with Crippen molar-refractivity contribution in [2.75, 3.05) is 6.61 Å². The Morgan fingerprint density at radius 3 is 2.55 bits per heavy atom. The SMILES string of the molecule is CCC(C)c1cc(CC(C)N)ccc1OCC1CC1.Cl. The van der Waals surface area contributed by atoms with Crippen LogP contribution in [0.4, 0.5) is 0 Å². The number of hydrogen-bond acceptors (Lipinski definition) is 2. The molecule has 1 aliphatic carbocycles. The number of nitrogens with two attached hydrogens (primary N) is 1. The van der Waals surface area contributed by atoms with E-state index in [4.69, 9.17) is 10.5 Å². The molecule has 0 heterocycles. The van der Waals surface area contributed by atoms with Gasteiger partial charge in [0.25, 0.3) is 0 Å². The molecule has 0 aliphatic heterocycles. The van der Waals surface area contributed by atoms with E-state index in [1.54, 1.807) is 0 Å². The van der Waals surface area contributed by atoms with Crippen molar-refractivity contribution in [2.45, 2.75) is 58.4 Å². The molecule has 0 spiro atoms. The van der Waals surface area contributed by atoms with E-state index in [-0.39, 0.29) is 18.4 Å². The molecular weight excluding hydrogens is 270 g/mol. The summed E-state index contributed by atoms with van der Waals surface area (Å²) >= 11 is 0. The average Bonchev–Trinajstić information content (AvgIpc) is 3.19. The van der Waals surface area contributed by atoms with Gasteiger partial charge < -0.3 is 10.5 Å². The number of ether oxygens (including phenoxy) is 1. The standard InChI is InChI=1S/C17H27NO.ClH/c1-4-12(2)16-10-15(9-13(3)18)7-8-17(16)19-11-14-5-6-14;/h7-8,10,12-14H,4-6,9,11,18H2,1-3H3;1H. The minimum absolute atomic E-state index is 0. The highest BCUT2D eigenvalue weighted by atomic mass is 35.5. The fraction of sp³-hybridized carbons (Fsp3) is 0.647. The summed E-state index contributed by atoms with van der Waals surface area (Å²) in [5.41, 5.74) is 8.57. The third-order valence-corrected chi connectivity index (χ3v) is 3.95. The van der Waals surface area contributed by atoms with Crippen LogP contribution in [0.15, 0.2) is 18.2 Å². The molecule has 0 amide bonds. The minimum atomic E-state index is 0. The topological polar surface area (TPSA) is 35.2 Å². The Kier molecular flexibility index (Phi) is 6.84. The molecule has 0 saturated heterocycles. The zero-order valence-corrected chi connectivity index (χ0v) is 13.7. The van der Waals surface area contributed by atoms with Gasteiger partial charge >= 0.3 is 0 Å². The molecule has 3 heteroatoms. The van der Waals surface area contributed by atoms with Gasteiger partial charge in [-0.05, 0) is 61.6 Å². The highest BCUT2D eigenvalue weighted by Gasteiger charge is 2.22. The van der Waals surface area contributed by atoms with Gasteiger partial charge in [0.2, 0.25) is 0 Å². The van der Waals surface area contributed by atoms with Crippen molar-refractivity contribution in [3.8, 4) is 5.75 Å². The first kappa shape index (κ1) is 17.3. The van der Waals surface area contributed by atoms with Gasteiger partial charge in [-0.25, -0.2) is 0 Å². The molecule has 2 N–H and O–H groups in total. The molecule has 2 nitrogen and oxygen atoms in total. The first-order chi connectivity index (χ1) is 9.10. The average molecular weight is 298 g/mol. The van der Waals surface area contributed by atoms with E-state index in [1.807, 2.05) is 0 Å². The van der Waals surface area contributed by atoms with Crippen LogP contribution in [-0.2, 0) is 6.42 Å². The summed E-state index contributed by atoms with van der Waals surface area (Å²) in [6, 6.07) is 6.81. The molecule has 1 aromatic carbocycles. The summed E-state index contributed by atoms with van der Waals surface area (Å²) in [4.78, 5) is 0. The van der Waals surface area contributed by atoms with Gasteiger partial charge in [0.05, 0.1) is 6.61 Å². The summed E-state index contributed by atoms with van der Waals surface area (Å²) < 4.78 is 6.01. The maximum Gasteiger partial charge on any atom is 0.122 e. The largest absolute Gasteiger partial charge is 0.493 e. The van der Waals surface area contributed by atoms with Gasteiger partial charge in [0.15, 0.2) is 0 Å². The molecule has 1 aliphatic rings. The van der Waals surface area contributed by atoms with Crippen molar-refractivity contribution in [1.29, 1.82) is 0 Å². The number of halogens is 1. The van der Waals surface area contributed by atoms with Gasteiger partial charge in [-0.3, -0.25) is 0 Å². The maximum absolute atomic E-state index is 6.01. The molecule has 20 heavy (non-hydrogen) atoms. The Morgan fingerprint density at radius 1 is 1.30 bits per heavy atom. The molecule has 0 aromatic heterocycles. The Hall–Kier alpha value is -0.730. The van der Waals surface area contributed by atoms with Gasteiger partial charge in [-0.2, -0.15) is 0 Å². The third-order valence-electron chi connectivity index (χ3n) is 3.95. The van der Waals surface area contributed by atoms with Crippen LogP contribution >= 0.6 is 12.4 Å². The second kappa shape index (κ2) is 7.90. The first-order valence-electron chi connectivity index (χ1n) is 7.61. The summed E-state index contributed by atoms with van der Waals surface area (Å²) in [6.45, 7) is 7.44. The van der Waals surface area contributed by atoms with Gasteiger partial charge in [-0.15, -0.1) is 12.4 Å². The normalized spacial score (nSPS) is 17.2. The summed E-state index contributed by atoms with van der Waals surface area (Å²) in [5.74, 6) is 2.42. The number of rotatable bonds is 7. The van der Waals surface area contributed by atoms with E-state index in [0.29, 0.717) is 5.92 Å². The molecule has 2 rings (SSSR count). The van der Waals surface area contributed by atoms with Crippen LogP contribution in [0.3, 0.4) is 0 Å². The Balaban J connectivity index is 0.00000200. The second-order valence-corrected chi connectivity index (χ2v) is 6.12. The minimum Gasteiger partial charge on any atom is -0.493 e. The molecule has 1 saturated carbocycles. The summed E-state index contributed by atoms with van der Waals surface area (Å²) in [6.07, 6.45) is 4.75. The van der Waals surface area contributed by atoms with Gasteiger partial charge in [0.1, 0.15) is 5.75 Å². The first-order valence-corrected chi connectivity index (χ1v) is 7.61.